The van der Waals surface area contributed by atoms with Crippen LogP contribution in [0.15, 0.2) is 18.2 Å². The molecule has 2 aliphatic rings. The summed E-state index contributed by atoms with van der Waals surface area (Å²) in [4.78, 5) is 13.2. The van der Waals surface area contributed by atoms with Crippen molar-refractivity contribution in [1.29, 1.82) is 5.26 Å². The van der Waals surface area contributed by atoms with Gasteiger partial charge in [0, 0.05) is 13.1 Å². The van der Waals surface area contributed by atoms with E-state index >= 15 is 0 Å². The minimum atomic E-state index is -2.96. The fraction of sp³-hybridized carbons (Fsp3) is 0.600. The number of alkyl halides is 2. The molecule has 0 atom stereocenters. The number of nitriles is 1. The number of ether oxygens (including phenoxy) is 2. The zero-order valence-electron chi connectivity index (χ0n) is 16.1. The quantitative estimate of drug-likeness (QED) is 0.531. The highest BCUT2D eigenvalue weighted by molar-refractivity contribution is 5.76. The van der Waals surface area contributed by atoms with Crippen molar-refractivity contribution < 1.29 is 28.3 Å². The molecule has 1 saturated carbocycles. The summed E-state index contributed by atoms with van der Waals surface area (Å²) < 4.78 is 36.2. The lowest BCUT2D eigenvalue weighted by molar-refractivity contribution is -0.130. The number of carbonyl (C=O) groups is 1. The number of piperidine rings is 1. The Morgan fingerprint density at radius 3 is 2.59 bits per heavy atom. The second kappa shape index (κ2) is 9.37. The van der Waals surface area contributed by atoms with E-state index in [1.807, 2.05) is 4.90 Å². The second-order valence-electron chi connectivity index (χ2n) is 7.57. The summed E-state index contributed by atoms with van der Waals surface area (Å²) >= 11 is 0. The lowest BCUT2D eigenvalue weighted by atomic mass is 9.74. The Bertz CT molecular complexity index is 755. The number of hydrogen-bond acceptors (Lipinski definition) is 6. The van der Waals surface area contributed by atoms with Crippen LogP contribution in [0.2, 0.25) is 0 Å². The van der Waals surface area contributed by atoms with E-state index in [-0.39, 0.29) is 24.1 Å². The van der Waals surface area contributed by atoms with Crippen LogP contribution in [0.4, 0.5) is 8.78 Å². The van der Waals surface area contributed by atoms with Gasteiger partial charge in [-0.3, -0.25) is 14.9 Å². The minimum absolute atomic E-state index is 0.0270. The number of likely N-dealkylation sites (tertiary alicyclic amines) is 1. The number of hydrogen-bond donors (Lipinski definition) is 2. The molecule has 0 bridgehead atoms. The SMILES string of the molecule is N#CC1(c2ccc(OC(F)F)c(OC3CCCC3)c2)CCN(CC(=O)NO)CC1. The highest BCUT2D eigenvalue weighted by Gasteiger charge is 2.37. The topological polar surface area (TPSA) is 94.8 Å². The molecule has 29 heavy (non-hydrogen) atoms. The van der Waals surface area contributed by atoms with Crippen LogP contribution in [0.5, 0.6) is 11.5 Å². The zero-order chi connectivity index (χ0) is 20.9. The maximum atomic E-state index is 12.8. The summed E-state index contributed by atoms with van der Waals surface area (Å²) in [6.45, 7) is -1.92. The molecule has 0 spiro atoms. The summed E-state index contributed by atoms with van der Waals surface area (Å²) in [5, 5.41) is 18.6. The average Bonchev–Trinajstić information content (AvgIpc) is 3.23. The highest BCUT2D eigenvalue weighted by Crippen LogP contribution is 2.41. The van der Waals surface area contributed by atoms with Gasteiger partial charge in [-0.15, -0.1) is 0 Å². The van der Waals surface area contributed by atoms with Crippen molar-refractivity contribution in [3.8, 4) is 17.6 Å². The van der Waals surface area contributed by atoms with E-state index in [1.54, 1.807) is 17.6 Å². The van der Waals surface area contributed by atoms with Crippen molar-refractivity contribution >= 4 is 5.91 Å². The predicted molar refractivity (Wildman–Crippen MR) is 98.9 cm³/mol. The van der Waals surface area contributed by atoms with Gasteiger partial charge in [0.2, 0.25) is 0 Å². The van der Waals surface area contributed by atoms with Gasteiger partial charge in [0.1, 0.15) is 0 Å². The Balaban J connectivity index is 1.80. The van der Waals surface area contributed by atoms with Crippen LogP contribution >= 0.6 is 0 Å². The number of nitrogens with one attached hydrogen (secondary N) is 1. The van der Waals surface area contributed by atoms with Gasteiger partial charge >= 0.3 is 6.61 Å². The van der Waals surface area contributed by atoms with Gasteiger partial charge < -0.3 is 9.47 Å². The van der Waals surface area contributed by atoms with Gasteiger partial charge in [0.05, 0.1) is 24.1 Å². The molecule has 9 heteroatoms. The van der Waals surface area contributed by atoms with E-state index in [9.17, 15) is 18.8 Å². The number of halogens is 2. The molecule has 158 valence electrons. The maximum absolute atomic E-state index is 12.8. The van der Waals surface area contributed by atoms with Crippen molar-refractivity contribution in [2.75, 3.05) is 19.6 Å². The molecule has 1 aliphatic carbocycles. The first kappa shape index (κ1) is 21.3. The van der Waals surface area contributed by atoms with E-state index in [2.05, 4.69) is 10.8 Å². The number of amides is 1. The molecular weight excluding hydrogens is 384 g/mol. The molecule has 2 fully saturated rings. The number of rotatable bonds is 7. The van der Waals surface area contributed by atoms with E-state index in [1.165, 1.54) is 6.07 Å². The molecule has 0 aromatic heterocycles. The van der Waals surface area contributed by atoms with Crippen molar-refractivity contribution in [1.82, 2.24) is 10.4 Å². The van der Waals surface area contributed by atoms with E-state index in [0.717, 1.165) is 25.7 Å². The van der Waals surface area contributed by atoms with E-state index in [0.29, 0.717) is 31.5 Å². The molecule has 3 rings (SSSR count). The normalized spacial score (nSPS) is 19.7. The molecule has 1 heterocycles. The summed E-state index contributed by atoms with van der Waals surface area (Å²) in [5.74, 6) is -0.289. The monoisotopic (exact) mass is 409 g/mol. The maximum Gasteiger partial charge on any atom is 0.387 e. The zero-order valence-corrected chi connectivity index (χ0v) is 16.1. The Morgan fingerprint density at radius 2 is 2.00 bits per heavy atom. The molecular formula is C20H25F2N3O4. The van der Waals surface area contributed by atoms with E-state index < -0.39 is 17.9 Å². The fourth-order valence-corrected chi connectivity index (χ4v) is 4.07. The summed E-state index contributed by atoms with van der Waals surface area (Å²) in [5.41, 5.74) is 1.50. The Hall–Kier alpha value is -2.44. The first-order valence-corrected chi connectivity index (χ1v) is 9.78. The summed E-state index contributed by atoms with van der Waals surface area (Å²) in [6, 6.07) is 7.11. The Morgan fingerprint density at radius 1 is 1.31 bits per heavy atom. The molecule has 1 saturated heterocycles. The minimum Gasteiger partial charge on any atom is -0.487 e. The van der Waals surface area contributed by atoms with Gasteiger partial charge in [-0.25, -0.2) is 5.48 Å². The van der Waals surface area contributed by atoms with Gasteiger partial charge in [-0.05, 0) is 56.2 Å². The van der Waals surface area contributed by atoms with Gasteiger partial charge in [0.25, 0.3) is 5.91 Å². The van der Waals surface area contributed by atoms with Crippen LogP contribution in [0.25, 0.3) is 0 Å². The van der Waals surface area contributed by atoms with Crippen molar-refractivity contribution in [2.45, 2.75) is 56.7 Å². The third kappa shape index (κ3) is 5.14. The Labute approximate surface area is 168 Å². The number of nitrogens with zero attached hydrogens (tertiary/aromatic N) is 2. The first-order valence-electron chi connectivity index (χ1n) is 9.78. The molecule has 1 aliphatic heterocycles. The van der Waals surface area contributed by atoms with Crippen LogP contribution in [-0.4, -0.2) is 48.4 Å². The largest absolute Gasteiger partial charge is 0.487 e. The second-order valence-corrected chi connectivity index (χ2v) is 7.57. The smallest absolute Gasteiger partial charge is 0.387 e. The number of hydroxylamine groups is 1. The molecule has 1 aromatic rings. The van der Waals surface area contributed by atoms with Crippen LogP contribution in [0.3, 0.4) is 0 Å². The first-order chi connectivity index (χ1) is 14.0. The van der Waals surface area contributed by atoms with Crippen molar-refractivity contribution in [2.24, 2.45) is 0 Å². The van der Waals surface area contributed by atoms with E-state index in [4.69, 9.17) is 9.94 Å². The highest BCUT2D eigenvalue weighted by atomic mass is 19.3. The van der Waals surface area contributed by atoms with Gasteiger partial charge in [-0.1, -0.05) is 6.07 Å². The number of benzene rings is 1. The molecule has 2 N–H and O–H groups in total. The molecule has 1 aromatic carbocycles. The standard InChI is InChI=1S/C20H25F2N3O4/c21-19(22)29-16-6-5-14(11-17(16)28-15-3-1-2-4-15)20(13-23)7-9-25(10-8-20)12-18(26)24-27/h5-6,11,15,19,27H,1-4,7-10,12H2,(H,24,26). The van der Waals surface area contributed by atoms with Crippen LogP contribution in [0.1, 0.15) is 44.1 Å². The summed E-state index contributed by atoms with van der Waals surface area (Å²) in [6.07, 6.45) is 4.71. The van der Waals surface area contributed by atoms with Crippen LogP contribution in [-0.2, 0) is 10.2 Å². The molecule has 0 unspecified atom stereocenters. The van der Waals surface area contributed by atoms with Gasteiger partial charge in [0.15, 0.2) is 11.5 Å². The third-order valence-electron chi connectivity index (χ3n) is 5.72. The summed E-state index contributed by atoms with van der Waals surface area (Å²) in [7, 11) is 0. The van der Waals surface area contributed by atoms with Crippen molar-refractivity contribution in [3.05, 3.63) is 23.8 Å². The van der Waals surface area contributed by atoms with Crippen LogP contribution < -0.4 is 15.0 Å². The average molecular weight is 409 g/mol. The lowest BCUT2D eigenvalue weighted by Gasteiger charge is -2.37. The Kier molecular flexibility index (Phi) is 6.87. The predicted octanol–water partition coefficient (Wildman–Crippen LogP) is 2.97. The molecule has 7 nitrogen and oxygen atoms in total. The van der Waals surface area contributed by atoms with Crippen LogP contribution in [0, 0.1) is 11.3 Å². The third-order valence-corrected chi connectivity index (χ3v) is 5.72. The fourth-order valence-electron chi connectivity index (χ4n) is 4.07. The number of carbonyl (C=O) groups excluding carboxylic acids is 1. The lowest BCUT2D eigenvalue weighted by Crippen LogP contribution is -2.45. The van der Waals surface area contributed by atoms with Crippen molar-refractivity contribution in [3.63, 3.8) is 0 Å². The molecule has 1 amide bonds. The molecule has 0 radical (unpaired) electrons. The van der Waals surface area contributed by atoms with Gasteiger partial charge in [-0.2, -0.15) is 14.0 Å².